The standard InChI is InChI=1S/C21H29N7/c1-4-23-21(24-10-7-12-27-13-11-22-16-27)25-15-19-8-5-6-9-20(19)28-18(3)14-17(2)26-28/h5-6,8-9,11,13-14,16H,4,7,10,12,15H2,1-3H3,(H2,23,24,25). The average Bonchev–Trinajstić information content (AvgIpc) is 3.32. The first-order valence-corrected chi connectivity index (χ1v) is 9.77. The Hall–Kier alpha value is -3.09. The normalized spacial score (nSPS) is 11.6. The molecule has 0 atom stereocenters. The fourth-order valence-electron chi connectivity index (χ4n) is 3.12. The Labute approximate surface area is 166 Å². The van der Waals surface area contributed by atoms with Crippen molar-refractivity contribution < 1.29 is 0 Å². The van der Waals surface area contributed by atoms with E-state index in [0.717, 1.165) is 54.7 Å². The van der Waals surface area contributed by atoms with Crippen LogP contribution in [-0.4, -0.2) is 38.4 Å². The predicted octanol–water partition coefficient (Wildman–Crippen LogP) is 2.83. The van der Waals surface area contributed by atoms with Gasteiger partial charge in [0.15, 0.2) is 5.96 Å². The van der Waals surface area contributed by atoms with Gasteiger partial charge < -0.3 is 15.2 Å². The molecule has 0 saturated carbocycles. The quantitative estimate of drug-likeness (QED) is 0.359. The van der Waals surface area contributed by atoms with E-state index in [1.165, 1.54) is 0 Å². The Morgan fingerprint density at radius 3 is 2.75 bits per heavy atom. The third-order valence-electron chi connectivity index (χ3n) is 4.43. The number of imidazole rings is 1. The van der Waals surface area contributed by atoms with E-state index in [0.29, 0.717) is 6.54 Å². The number of aliphatic imine (C=N–C) groups is 1. The van der Waals surface area contributed by atoms with Gasteiger partial charge in [-0.15, -0.1) is 0 Å². The van der Waals surface area contributed by atoms with Crippen molar-refractivity contribution in [3.63, 3.8) is 0 Å². The average molecular weight is 380 g/mol. The molecule has 0 aliphatic carbocycles. The Kier molecular flexibility index (Phi) is 6.84. The third-order valence-corrected chi connectivity index (χ3v) is 4.43. The summed E-state index contributed by atoms with van der Waals surface area (Å²) in [5.74, 6) is 0.830. The van der Waals surface area contributed by atoms with Gasteiger partial charge >= 0.3 is 0 Å². The van der Waals surface area contributed by atoms with Crippen LogP contribution in [0.15, 0.2) is 54.0 Å². The van der Waals surface area contributed by atoms with Crippen LogP contribution in [0.25, 0.3) is 5.69 Å². The summed E-state index contributed by atoms with van der Waals surface area (Å²) in [6.45, 7) is 9.37. The smallest absolute Gasteiger partial charge is 0.191 e. The predicted molar refractivity (Wildman–Crippen MR) is 113 cm³/mol. The number of nitrogens with zero attached hydrogens (tertiary/aromatic N) is 5. The maximum absolute atomic E-state index is 4.78. The molecular weight excluding hydrogens is 350 g/mol. The van der Waals surface area contributed by atoms with E-state index in [9.17, 15) is 0 Å². The molecule has 0 aliphatic rings. The van der Waals surface area contributed by atoms with Gasteiger partial charge in [-0.2, -0.15) is 5.10 Å². The summed E-state index contributed by atoms with van der Waals surface area (Å²) in [6, 6.07) is 10.4. The highest BCUT2D eigenvalue weighted by atomic mass is 15.3. The van der Waals surface area contributed by atoms with Gasteiger partial charge in [-0.3, -0.25) is 0 Å². The van der Waals surface area contributed by atoms with Crippen LogP contribution in [0.2, 0.25) is 0 Å². The van der Waals surface area contributed by atoms with E-state index in [2.05, 4.69) is 57.3 Å². The highest BCUT2D eigenvalue weighted by Crippen LogP contribution is 2.17. The Morgan fingerprint density at radius 2 is 2.04 bits per heavy atom. The van der Waals surface area contributed by atoms with E-state index >= 15 is 0 Å². The molecule has 2 aromatic heterocycles. The van der Waals surface area contributed by atoms with E-state index in [-0.39, 0.29) is 0 Å². The van der Waals surface area contributed by atoms with Crippen LogP contribution in [0.5, 0.6) is 0 Å². The molecule has 7 nitrogen and oxygen atoms in total. The molecule has 0 aliphatic heterocycles. The summed E-state index contributed by atoms with van der Waals surface area (Å²) < 4.78 is 4.07. The summed E-state index contributed by atoms with van der Waals surface area (Å²) in [5, 5.41) is 11.3. The monoisotopic (exact) mass is 379 g/mol. The lowest BCUT2D eigenvalue weighted by molar-refractivity contribution is 0.624. The minimum Gasteiger partial charge on any atom is -0.357 e. The van der Waals surface area contributed by atoms with Gasteiger partial charge in [0.05, 0.1) is 24.3 Å². The van der Waals surface area contributed by atoms with Gasteiger partial charge in [0, 0.05) is 37.7 Å². The second-order valence-corrected chi connectivity index (χ2v) is 6.74. The molecule has 0 unspecified atom stereocenters. The molecule has 148 valence electrons. The molecule has 3 rings (SSSR count). The number of benzene rings is 1. The van der Waals surface area contributed by atoms with Crippen molar-refractivity contribution in [2.24, 2.45) is 4.99 Å². The molecule has 3 aromatic rings. The van der Waals surface area contributed by atoms with Crippen LogP contribution < -0.4 is 10.6 Å². The lowest BCUT2D eigenvalue weighted by Gasteiger charge is -2.13. The second kappa shape index (κ2) is 9.73. The molecule has 0 fully saturated rings. The number of hydrogen-bond acceptors (Lipinski definition) is 3. The largest absolute Gasteiger partial charge is 0.357 e. The van der Waals surface area contributed by atoms with Crippen molar-refractivity contribution in [1.29, 1.82) is 0 Å². The van der Waals surface area contributed by atoms with Crippen LogP contribution in [-0.2, 0) is 13.1 Å². The lowest BCUT2D eigenvalue weighted by atomic mass is 10.2. The van der Waals surface area contributed by atoms with Crippen molar-refractivity contribution in [3.05, 3.63) is 66.0 Å². The van der Waals surface area contributed by atoms with Gasteiger partial charge in [-0.1, -0.05) is 18.2 Å². The molecule has 0 spiro atoms. The molecular formula is C21H29N7. The highest BCUT2D eigenvalue weighted by Gasteiger charge is 2.08. The van der Waals surface area contributed by atoms with Gasteiger partial charge in [0.2, 0.25) is 0 Å². The Morgan fingerprint density at radius 1 is 1.18 bits per heavy atom. The number of aryl methyl sites for hydroxylation is 3. The number of nitrogens with one attached hydrogen (secondary N) is 2. The fraction of sp³-hybridized carbons (Fsp3) is 0.381. The van der Waals surface area contributed by atoms with E-state index in [1.54, 1.807) is 6.20 Å². The Balaban J connectivity index is 1.65. The van der Waals surface area contributed by atoms with Crippen LogP contribution in [0.4, 0.5) is 0 Å². The van der Waals surface area contributed by atoms with Crippen molar-refractivity contribution in [3.8, 4) is 5.69 Å². The zero-order valence-corrected chi connectivity index (χ0v) is 16.9. The van der Waals surface area contributed by atoms with Crippen molar-refractivity contribution in [2.45, 2.75) is 40.3 Å². The molecule has 2 N–H and O–H groups in total. The van der Waals surface area contributed by atoms with E-state index in [1.807, 2.05) is 36.3 Å². The topological polar surface area (TPSA) is 72.1 Å². The van der Waals surface area contributed by atoms with Crippen molar-refractivity contribution in [2.75, 3.05) is 13.1 Å². The summed E-state index contributed by atoms with van der Waals surface area (Å²) in [7, 11) is 0. The lowest BCUT2D eigenvalue weighted by Crippen LogP contribution is -2.38. The van der Waals surface area contributed by atoms with Gasteiger partial charge in [0.25, 0.3) is 0 Å². The summed E-state index contributed by atoms with van der Waals surface area (Å²) in [6.07, 6.45) is 6.63. The maximum atomic E-state index is 4.78. The van der Waals surface area contributed by atoms with Gasteiger partial charge in [-0.05, 0) is 44.9 Å². The number of guanidine groups is 1. The van der Waals surface area contributed by atoms with E-state index in [4.69, 9.17) is 4.99 Å². The minimum absolute atomic E-state index is 0.589. The molecule has 0 bridgehead atoms. The maximum Gasteiger partial charge on any atom is 0.191 e. The zero-order chi connectivity index (χ0) is 19.8. The van der Waals surface area contributed by atoms with Crippen LogP contribution >= 0.6 is 0 Å². The number of rotatable bonds is 8. The van der Waals surface area contributed by atoms with E-state index < -0.39 is 0 Å². The Bertz CT molecular complexity index is 893. The first-order chi connectivity index (χ1) is 13.7. The molecule has 7 heteroatoms. The molecule has 0 amide bonds. The zero-order valence-electron chi connectivity index (χ0n) is 16.9. The van der Waals surface area contributed by atoms with Crippen LogP contribution in [0.1, 0.15) is 30.3 Å². The molecule has 28 heavy (non-hydrogen) atoms. The molecule has 1 aromatic carbocycles. The second-order valence-electron chi connectivity index (χ2n) is 6.74. The minimum atomic E-state index is 0.589. The summed E-state index contributed by atoms with van der Waals surface area (Å²) in [5.41, 5.74) is 4.36. The first kappa shape index (κ1) is 19.7. The van der Waals surface area contributed by atoms with Crippen LogP contribution in [0.3, 0.4) is 0 Å². The van der Waals surface area contributed by atoms with Crippen LogP contribution in [0, 0.1) is 13.8 Å². The van der Waals surface area contributed by atoms with Crippen molar-refractivity contribution in [1.82, 2.24) is 30.0 Å². The molecule has 2 heterocycles. The fourth-order valence-corrected chi connectivity index (χ4v) is 3.12. The van der Waals surface area contributed by atoms with Gasteiger partial charge in [-0.25, -0.2) is 14.7 Å². The summed E-state index contributed by atoms with van der Waals surface area (Å²) >= 11 is 0. The summed E-state index contributed by atoms with van der Waals surface area (Å²) in [4.78, 5) is 8.84. The highest BCUT2D eigenvalue weighted by molar-refractivity contribution is 5.79. The first-order valence-electron chi connectivity index (χ1n) is 9.77. The molecule has 0 radical (unpaired) electrons. The number of hydrogen-bond donors (Lipinski definition) is 2. The third kappa shape index (κ3) is 5.22. The SMILES string of the molecule is CCNC(=NCc1ccccc1-n1nc(C)cc1C)NCCCn1ccnc1. The van der Waals surface area contributed by atoms with Crippen molar-refractivity contribution >= 4 is 5.96 Å². The van der Waals surface area contributed by atoms with Gasteiger partial charge in [0.1, 0.15) is 0 Å². The molecule has 0 saturated heterocycles. The number of para-hydroxylation sites is 1. The number of aromatic nitrogens is 4.